The number of halogens is 1. The largest absolute Gasteiger partial charge is 0.307 e. The van der Waals surface area contributed by atoms with Crippen molar-refractivity contribution in [2.45, 2.75) is 110 Å². The predicted octanol–water partition coefficient (Wildman–Crippen LogP) is 19.3. The molecule has 0 unspecified atom stereocenters. The van der Waals surface area contributed by atoms with Gasteiger partial charge in [-0.2, -0.15) is 0 Å². The van der Waals surface area contributed by atoms with Crippen molar-refractivity contribution in [2.24, 2.45) is 0 Å². The van der Waals surface area contributed by atoms with E-state index in [0.717, 1.165) is 10.2 Å². The van der Waals surface area contributed by atoms with Crippen molar-refractivity contribution in [1.82, 2.24) is 9.13 Å². The summed E-state index contributed by atoms with van der Waals surface area (Å²) >= 11 is 4.71. The number of hydrogen-bond acceptors (Lipinski definition) is 0. The molecule has 2 aromatic heterocycles. The van der Waals surface area contributed by atoms with E-state index in [-0.39, 0.29) is 21.7 Å². The quantitative estimate of drug-likeness (QED) is 0.163. The molecule has 0 radical (unpaired) electrons. The monoisotopic (exact) mass is 998 g/mol. The van der Waals surface area contributed by atoms with Gasteiger partial charge in [0, 0.05) is 27.1 Å². The van der Waals surface area contributed by atoms with Crippen molar-refractivity contribution in [2.75, 3.05) is 0 Å². The lowest BCUT2D eigenvalue weighted by atomic mass is 9.64. The van der Waals surface area contributed by atoms with Crippen LogP contribution in [0.1, 0.15) is 128 Å². The van der Waals surface area contributed by atoms with Crippen LogP contribution in [0.3, 0.4) is 0 Å². The summed E-state index contributed by atoms with van der Waals surface area (Å²) in [6.07, 6.45) is 0. The van der Waals surface area contributed by atoms with Gasteiger partial charge >= 0.3 is 0 Å². The molecule has 9 aromatic carbocycles. The van der Waals surface area contributed by atoms with E-state index in [1.807, 2.05) is 0 Å². The zero-order valence-electron chi connectivity index (χ0n) is 43.9. The zero-order valence-corrected chi connectivity index (χ0v) is 45.4. The van der Waals surface area contributed by atoms with Crippen molar-refractivity contribution in [3.63, 3.8) is 0 Å². The Labute approximate surface area is 433 Å². The number of rotatable bonds is 2. The van der Waals surface area contributed by atoms with Crippen molar-refractivity contribution in [3.05, 3.63) is 213 Å². The smallest absolute Gasteiger partial charge is 0.0755 e. The third-order valence-electron chi connectivity index (χ3n) is 16.6. The Balaban J connectivity index is 1.31. The average Bonchev–Trinajstić information content (AvgIpc) is 3.95. The number of aromatic nitrogens is 2. The van der Waals surface area contributed by atoms with Crippen molar-refractivity contribution in [3.8, 4) is 33.6 Å². The fraction of sp³-hybridized carbons (Fsp3) is 0.246. The van der Waals surface area contributed by atoms with E-state index in [1.165, 1.54) is 127 Å². The molecule has 11 aromatic rings. The highest BCUT2D eigenvalue weighted by Gasteiger charge is 2.52. The van der Waals surface area contributed by atoms with Gasteiger partial charge in [-0.05, 0) is 158 Å². The van der Waals surface area contributed by atoms with E-state index < -0.39 is 5.41 Å². The summed E-state index contributed by atoms with van der Waals surface area (Å²) in [6.45, 7) is 28.1. The Morgan fingerprint density at radius 2 is 0.778 bits per heavy atom. The Hall–Kier alpha value is -6.68. The average molecular weight is 1000 g/mol. The van der Waals surface area contributed by atoms with Crippen LogP contribution in [-0.4, -0.2) is 9.13 Å². The Bertz CT molecular complexity index is 4020. The van der Waals surface area contributed by atoms with Crippen LogP contribution in [0, 0.1) is 0 Å². The molecular formula is C69H63BrN2. The maximum atomic E-state index is 4.71. The van der Waals surface area contributed by atoms with Crippen LogP contribution in [0.4, 0.5) is 0 Å². The van der Waals surface area contributed by atoms with Gasteiger partial charge < -0.3 is 9.13 Å². The minimum atomic E-state index is -0.663. The Kier molecular flexibility index (Phi) is 9.39. The second-order valence-corrected chi connectivity index (χ2v) is 25.9. The standard InChI is InChI=1S/C69H63BrN2/c1-65(2,3)41-28-31-58-49(34-41)50-35-42(66(4,5)6)29-32-59(50)71(58)63-53(46-25-19-21-40-20-13-14-22-45(40)46)39-57-64(61(63)70)72-60-33-30-43(67(7,8)9)36-51(60)52-37-44(68(10,11)12)38-56(62(52)72)69(57)54-26-17-15-23-47(54)48-24-16-18-27-55(48)69/h13-39H,1-12H3. The minimum Gasteiger partial charge on any atom is -0.307 e. The summed E-state index contributed by atoms with van der Waals surface area (Å²) in [6, 6.07) is 63.9. The summed E-state index contributed by atoms with van der Waals surface area (Å²) in [4.78, 5) is 0. The van der Waals surface area contributed by atoms with E-state index in [1.54, 1.807) is 0 Å². The Morgan fingerprint density at radius 1 is 0.333 bits per heavy atom. The van der Waals surface area contributed by atoms with E-state index >= 15 is 0 Å². The molecule has 2 nitrogen and oxygen atoms in total. The van der Waals surface area contributed by atoms with Gasteiger partial charge in [-0.1, -0.05) is 198 Å². The molecule has 356 valence electrons. The molecule has 0 saturated carbocycles. The van der Waals surface area contributed by atoms with Crippen LogP contribution in [0.2, 0.25) is 0 Å². The number of hydrogen-bond donors (Lipinski definition) is 0. The van der Waals surface area contributed by atoms with Gasteiger partial charge in [0.15, 0.2) is 0 Å². The minimum absolute atomic E-state index is 0.0269. The Morgan fingerprint density at radius 3 is 1.32 bits per heavy atom. The first kappa shape index (κ1) is 45.2. The van der Waals surface area contributed by atoms with Gasteiger partial charge in [-0.15, -0.1) is 0 Å². The number of fused-ring (bicyclic) bond motifs is 16. The van der Waals surface area contributed by atoms with Crippen LogP contribution in [0.25, 0.3) is 88.0 Å². The van der Waals surface area contributed by atoms with Gasteiger partial charge in [-0.3, -0.25) is 0 Å². The van der Waals surface area contributed by atoms with Crippen LogP contribution in [0.5, 0.6) is 0 Å². The van der Waals surface area contributed by atoms with Crippen LogP contribution < -0.4 is 0 Å². The highest BCUT2D eigenvalue weighted by atomic mass is 79.9. The number of benzene rings is 9. The molecule has 0 saturated heterocycles. The molecule has 72 heavy (non-hydrogen) atoms. The first-order valence-electron chi connectivity index (χ1n) is 26.0. The zero-order chi connectivity index (χ0) is 50.2. The fourth-order valence-electron chi connectivity index (χ4n) is 12.7. The highest BCUT2D eigenvalue weighted by molar-refractivity contribution is 9.10. The van der Waals surface area contributed by atoms with Crippen LogP contribution in [-0.2, 0) is 27.1 Å². The molecule has 2 aliphatic rings. The van der Waals surface area contributed by atoms with Crippen LogP contribution >= 0.6 is 15.9 Å². The van der Waals surface area contributed by atoms with Gasteiger partial charge in [0.05, 0.1) is 43.3 Å². The molecule has 0 atom stereocenters. The maximum absolute atomic E-state index is 4.71. The molecular weight excluding hydrogens is 937 g/mol. The third-order valence-corrected chi connectivity index (χ3v) is 17.3. The molecule has 1 aliphatic carbocycles. The lowest BCUT2D eigenvalue weighted by Crippen LogP contribution is -2.34. The van der Waals surface area contributed by atoms with E-state index in [4.69, 9.17) is 15.9 Å². The summed E-state index contributed by atoms with van der Waals surface area (Å²) in [7, 11) is 0. The molecule has 3 heteroatoms. The fourth-order valence-corrected chi connectivity index (χ4v) is 13.5. The third kappa shape index (κ3) is 6.19. The lowest BCUT2D eigenvalue weighted by Gasteiger charge is -2.41. The van der Waals surface area contributed by atoms with Crippen LogP contribution in [0.15, 0.2) is 168 Å². The van der Waals surface area contributed by atoms with Gasteiger partial charge in [-0.25, -0.2) is 0 Å². The first-order chi connectivity index (χ1) is 34.2. The van der Waals surface area contributed by atoms with E-state index in [0.29, 0.717) is 0 Å². The molecule has 13 rings (SSSR count). The molecule has 0 amide bonds. The molecule has 1 spiro atoms. The first-order valence-corrected chi connectivity index (χ1v) is 26.7. The topological polar surface area (TPSA) is 9.86 Å². The predicted molar refractivity (Wildman–Crippen MR) is 311 cm³/mol. The number of nitrogens with zero attached hydrogens (tertiary/aromatic N) is 2. The normalized spacial score (nSPS) is 14.3. The van der Waals surface area contributed by atoms with Gasteiger partial charge in [0.25, 0.3) is 0 Å². The molecule has 0 bridgehead atoms. The second kappa shape index (κ2) is 15.0. The van der Waals surface area contributed by atoms with Crippen molar-refractivity contribution < 1.29 is 0 Å². The highest BCUT2D eigenvalue weighted by Crippen LogP contribution is 2.64. The summed E-state index contributed by atoms with van der Waals surface area (Å²) < 4.78 is 6.34. The summed E-state index contributed by atoms with van der Waals surface area (Å²) in [5.41, 5.74) is 22.0. The summed E-state index contributed by atoms with van der Waals surface area (Å²) in [5.74, 6) is 0. The molecule has 3 heterocycles. The second-order valence-electron chi connectivity index (χ2n) is 25.1. The van der Waals surface area contributed by atoms with Crippen molar-refractivity contribution >= 4 is 70.3 Å². The van der Waals surface area contributed by atoms with E-state index in [9.17, 15) is 0 Å². The molecule has 0 fully saturated rings. The molecule has 0 N–H and O–H groups in total. The van der Waals surface area contributed by atoms with Gasteiger partial charge in [0.1, 0.15) is 0 Å². The SMILES string of the molecule is CC(C)(C)c1ccc2c(c1)c1cc(C(C)(C)C)ccc1n2-c1c(-c2cccc3ccccc23)cc2c(c1Br)-n1c3ccc(C(C)(C)C)cc3c3cc(C(C)(C)C)cc(c31)C21c2ccccc2-c2ccccc21. The van der Waals surface area contributed by atoms with Gasteiger partial charge in [0.2, 0.25) is 0 Å². The van der Waals surface area contributed by atoms with E-state index in [2.05, 4.69) is 256 Å². The lowest BCUT2D eigenvalue weighted by molar-refractivity contribution is 0.588. The maximum Gasteiger partial charge on any atom is 0.0755 e. The van der Waals surface area contributed by atoms with Crippen molar-refractivity contribution in [1.29, 1.82) is 0 Å². The summed E-state index contributed by atoms with van der Waals surface area (Å²) in [5, 5.41) is 7.60. The molecule has 1 aliphatic heterocycles.